The molecule has 0 heterocycles. The molecule has 0 aromatic heterocycles. The Morgan fingerprint density at radius 1 is 1.16 bits per heavy atom. The molecule has 0 spiro atoms. The second-order valence-electron chi connectivity index (χ2n) is 5.87. The molecular formula is C14H19N15O2. The maximum Gasteiger partial charge on any atom is 0.149 e. The van der Waals surface area contributed by atoms with E-state index >= 15 is 0 Å². The first-order valence-corrected chi connectivity index (χ1v) is 8.63. The largest absolute Gasteiger partial charge is 0.491 e. The number of nitrogens with two attached hydrogens (primary N) is 1. The van der Waals surface area contributed by atoms with E-state index in [1.54, 1.807) is 0 Å². The Morgan fingerprint density at radius 3 is 2.42 bits per heavy atom. The Balaban J connectivity index is 2.86. The van der Waals surface area contributed by atoms with Gasteiger partial charge in [0.05, 0.1) is 32.0 Å². The maximum absolute atomic E-state index is 11.3. The van der Waals surface area contributed by atoms with Crippen LogP contribution in [0.25, 0.3) is 31.3 Å². The molecule has 17 nitrogen and oxygen atoms in total. The lowest BCUT2D eigenvalue weighted by Crippen LogP contribution is -2.36. The van der Waals surface area contributed by atoms with Gasteiger partial charge in [-0.25, -0.2) is 0 Å². The van der Waals surface area contributed by atoms with Crippen molar-refractivity contribution in [2.24, 2.45) is 36.7 Å². The number of rotatable bonds is 14. The monoisotopic (exact) mass is 429 g/mol. The molecule has 17 heteroatoms. The molecule has 0 unspecified atom stereocenters. The maximum atomic E-state index is 11.3. The van der Waals surface area contributed by atoms with Crippen molar-refractivity contribution in [2.75, 3.05) is 32.8 Å². The zero-order chi connectivity index (χ0) is 23.0. The number of ether oxygens (including phenoxy) is 1. The number of nitrogens with one attached hydrogen (secondary N) is 2. The molecule has 0 aromatic rings. The van der Waals surface area contributed by atoms with Crippen molar-refractivity contribution < 1.29 is 4.74 Å². The van der Waals surface area contributed by atoms with Crippen molar-refractivity contribution in [3.63, 3.8) is 0 Å². The highest BCUT2D eigenvalue weighted by atomic mass is 16.5. The standard InChI is InChI=1S/C14H19N15O2/c15-11-6-13(31-4-3-21-26-16)12(24-29-19)5-10(11)7-20-2-1-14(25-30,8-22-27-17)9-23-28-18/h5-7,15,20H,1-4,8-9H2,(H2,19,24)/b10-7-,15-11?. The number of azide groups is 3. The summed E-state index contributed by atoms with van der Waals surface area (Å²) in [5.41, 5.74) is 24.6. The van der Waals surface area contributed by atoms with Crippen LogP contribution >= 0.6 is 0 Å². The van der Waals surface area contributed by atoms with Gasteiger partial charge in [-0.05, 0) is 29.1 Å². The first-order chi connectivity index (χ1) is 15.1. The minimum absolute atomic E-state index is 0.0784. The van der Waals surface area contributed by atoms with E-state index in [1.807, 2.05) is 0 Å². The lowest BCUT2D eigenvalue weighted by atomic mass is 9.96. The zero-order valence-corrected chi connectivity index (χ0v) is 16.2. The fraction of sp³-hybridized carbons (Fsp3) is 0.500. The molecule has 1 aliphatic rings. The summed E-state index contributed by atoms with van der Waals surface area (Å²) in [5.74, 6) is 5.35. The van der Waals surface area contributed by atoms with E-state index in [-0.39, 0.29) is 56.4 Å². The Bertz CT molecular complexity index is 909. The van der Waals surface area contributed by atoms with Gasteiger partial charge in [0.25, 0.3) is 0 Å². The van der Waals surface area contributed by atoms with Gasteiger partial charge in [0.1, 0.15) is 17.0 Å². The lowest BCUT2D eigenvalue weighted by molar-refractivity contribution is 0.228. The Hall–Kier alpha value is -4.58. The summed E-state index contributed by atoms with van der Waals surface area (Å²) in [4.78, 5) is 19.1. The summed E-state index contributed by atoms with van der Waals surface area (Å²) < 4.78 is 5.43. The number of hydrogen-bond donors (Lipinski definition) is 3. The molecule has 0 amide bonds. The number of hydrogen-bond acceptors (Lipinski definition) is 10. The molecule has 31 heavy (non-hydrogen) atoms. The molecule has 1 aliphatic carbocycles. The second kappa shape index (κ2) is 13.6. The summed E-state index contributed by atoms with van der Waals surface area (Å²) >= 11 is 0. The minimum atomic E-state index is -1.38. The molecule has 162 valence electrons. The summed E-state index contributed by atoms with van der Waals surface area (Å²) in [5, 5.41) is 31.1. The molecular weight excluding hydrogens is 410 g/mol. The summed E-state index contributed by atoms with van der Waals surface area (Å²) in [7, 11) is 0. The highest BCUT2D eigenvalue weighted by molar-refractivity contribution is 6.10. The summed E-state index contributed by atoms with van der Waals surface area (Å²) in [6.07, 6.45) is 4.50. The Kier molecular flexibility index (Phi) is 10.7. The van der Waals surface area contributed by atoms with Crippen LogP contribution in [0.2, 0.25) is 0 Å². The van der Waals surface area contributed by atoms with Gasteiger partial charge in [0.15, 0.2) is 0 Å². The Labute approximate surface area is 175 Å². The first kappa shape index (κ1) is 24.5. The third-order valence-corrected chi connectivity index (χ3v) is 3.85. The van der Waals surface area contributed by atoms with Crippen LogP contribution in [0.1, 0.15) is 6.42 Å². The van der Waals surface area contributed by atoms with E-state index in [4.69, 9.17) is 32.6 Å². The van der Waals surface area contributed by atoms with Crippen molar-refractivity contribution in [3.05, 3.63) is 71.6 Å². The second-order valence-corrected chi connectivity index (χ2v) is 5.87. The molecule has 0 atom stereocenters. The van der Waals surface area contributed by atoms with Crippen molar-refractivity contribution in [1.82, 2.24) is 5.32 Å². The highest BCUT2D eigenvalue weighted by Crippen LogP contribution is 2.23. The van der Waals surface area contributed by atoms with Crippen LogP contribution in [0.5, 0.6) is 0 Å². The average molecular weight is 429 g/mol. The van der Waals surface area contributed by atoms with Crippen LogP contribution in [0, 0.1) is 10.3 Å². The van der Waals surface area contributed by atoms with Gasteiger partial charge >= 0.3 is 0 Å². The quantitative estimate of drug-likeness (QED) is 0.0711. The van der Waals surface area contributed by atoms with Crippen LogP contribution in [0.3, 0.4) is 0 Å². The Morgan fingerprint density at radius 2 is 1.84 bits per heavy atom. The zero-order valence-electron chi connectivity index (χ0n) is 16.2. The third-order valence-electron chi connectivity index (χ3n) is 3.85. The van der Waals surface area contributed by atoms with Gasteiger partial charge in [0.2, 0.25) is 0 Å². The van der Waals surface area contributed by atoms with E-state index in [9.17, 15) is 4.91 Å². The normalized spacial score (nSPS) is 16.1. The van der Waals surface area contributed by atoms with Crippen molar-refractivity contribution in [3.8, 4) is 0 Å². The van der Waals surface area contributed by atoms with Gasteiger partial charge in [-0.15, -0.1) is 5.11 Å². The van der Waals surface area contributed by atoms with Crippen LogP contribution in [0.4, 0.5) is 0 Å². The van der Waals surface area contributed by atoms with Gasteiger partial charge in [0, 0.05) is 39.1 Å². The summed E-state index contributed by atoms with van der Waals surface area (Å²) in [6.45, 7) is -0.155. The SMILES string of the molecule is [N-]=[N+]=NCCOC1=CC(=N)/C(=C\NCCC(CN=[N+]=[N-])(CN=[N+]=[N-])N=O)C=C1N=NN. The fourth-order valence-electron chi connectivity index (χ4n) is 2.33. The van der Waals surface area contributed by atoms with Crippen molar-refractivity contribution in [2.45, 2.75) is 12.0 Å². The predicted octanol–water partition coefficient (Wildman–Crippen LogP) is 3.43. The van der Waals surface area contributed by atoms with Gasteiger partial charge in [-0.1, -0.05) is 25.7 Å². The predicted molar refractivity (Wildman–Crippen MR) is 110 cm³/mol. The topological polar surface area (TPSA) is 272 Å². The molecule has 1 rings (SSSR count). The van der Waals surface area contributed by atoms with E-state index in [2.05, 4.69) is 50.9 Å². The van der Waals surface area contributed by atoms with E-state index < -0.39 is 5.54 Å². The molecule has 0 bridgehead atoms. The lowest BCUT2D eigenvalue weighted by Gasteiger charge is -2.22. The van der Waals surface area contributed by atoms with Crippen molar-refractivity contribution >= 4 is 5.71 Å². The molecule has 0 saturated heterocycles. The molecule has 0 radical (unpaired) electrons. The number of allylic oxidation sites excluding steroid dienone is 3. The smallest absolute Gasteiger partial charge is 0.149 e. The highest BCUT2D eigenvalue weighted by Gasteiger charge is 2.30. The van der Waals surface area contributed by atoms with E-state index in [0.29, 0.717) is 5.57 Å². The average Bonchev–Trinajstić information content (AvgIpc) is 2.78. The van der Waals surface area contributed by atoms with Crippen LogP contribution in [-0.4, -0.2) is 44.0 Å². The number of nitrogens with zero attached hydrogens (tertiary/aromatic N) is 12. The van der Waals surface area contributed by atoms with Crippen molar-refractivity contribution in [1.29, 1.82) is 5.41 Å². The first-order valence-electron chi connectivity index (χ1n) is 8.63. The van der Waals surface area contributed by atoms with E-state index in [0.717, 1.165) is 0 Å². The molecule has 0 saturated carbocycles. The fourth-order valence-corrected chi connectivity index (χ4v) is 2.33. The molecule has 0 fully saturated rings. The van der Waals surface area contributed by atoms with Crippen LogP contribution in [-0.2, 0) is 4.74 Å². The van der Waals surface area contributed by atoms with E-state index in [1.165, 1.54) is 18.4 Å². The molecule has 4 N–H and O–H groups in total. The van der Waals surface area contributed by atoms with Gasteiger partial charge in [-0.2, -0.15) is 4.91 Å². The molecule has 0 aromatic carbocycles. The van der Waals surface area contributed by atoms with Crippen LogP contribution < -0.4 is 11.2 Å². The third kappa shape index (κ3) is 8.13. The van der Waals surface area contributed by atoms with Gasteiger partial charge < -0.3 is 21.3 Å². The minimum Gasteiger partial charge on any atom is -0.491 e. The van der Waals surface area contributed by atoms with Gasteiger partial charge in [-0.3, -0.25) is 0 Å². The summed E-state index contributed by atoms with van der Waals surface area (Å²) in [6, 6.07) is 0. The number of nitroso groups, excluding NO2 is 1. The van der Waals surface area contributed by atoms with Crippen LogP contribution in [0.15, 0.2) is 66.2 Å². The molecule has 0 aliphatic heterocycles.